The molecule has 0 saturated carbocycles. The predicted octanol–water partition coefficient (Wildman–Crippen LogP) is 4.34. The summed E-state index contributed by atoms with van der Waals surface area (Å²) in [6.45, 7) is 15.5. The van der Waals surface area contributed by atoms with Crippen LogP contribution in [0.4, 0.5) is 5.69 Å². The van der Waals surface area contributed by atoms with Crippen LogP contribution in [0.25, 0.3) is 0 Å². The van der Waals surface area contributed by atoms with E-state index in [2.05, 4.69) is 57.1 Å². The van der Waals surface area contributed by atoms with E-state index < -0.39 is 0 Å². The van der Waals surface area contributed by atoms with Crippen molar-refractivity contribution in [3.63, 3.8) is 0 Å². The Hall–Kier alpha value is -1.50. The van der Waals surface area contributed by atoms with Crippen LogP contribution >= 0.6 is 0 Å². The van der Waals surface area contributed by atoms with Crippen molar-refractivity contribution in [1.29, 1.82) is 0 Å². The zero-order valence-electron chi connectivity index (χ0n) is 10.4. The predicted molar refractivity (Wildman–Crippen MR) is 72.6 cm³/mol. The highest BCUT2D eigenvalue weighted by Crippen LogP contribution is 2.17. The quantitative estimate of drug-likeness (QED) is 0.672. The first-order chi connectivity index (χ1) is 7.17. The second-order valence-corrected chi connectivity index (χ2v) is 2.93. The number of anilines is 1. The normalized spacial score (nSPS) is 7.47. The minimum absolute atomic E-state index is 1.25. The molecule has 0 aromatic heterocycles. The van der Waals surface area contributed by atoms with Crippen LogP contribution in [-0.2, 0) is 0 Å². The highest BCUT2D eigenvalue weighted by atomic mass is 14.8. The van der Waals surface area contributed by atoms with Gasteiger partial charge in [-0.05, 0) is 31.9 Å². The van der Waals surface area contributed by atoms with Gasteiger partial charge in [-0.2, -0.15) is 0 Å². The van der Waals surface area contributed by atoms with Crippen LogP contribution in [0.1, 0.15) is 18.1 Å². The summed E-state index contributed by atoms with van der Waals surface area (Å²) in [5, 5.41) is 3.16. The van der Waals surface area contributed by atoms with Crippen molar-refractivity contribution < 1.29 is 0 Å². The van der Waals surface area contributed by atoms with Crippen LogP contribution in [0.15, 0.2) is 44.0 Å². The molecule has 0 saturated heterocycles. The van der Waals surface area contributed by atoms with Gasteiger partial charge in [0.05, 0.1) is 0 Å². The molecule has 0 heterocycles. The molecule has 84 valence electrons. The van der Waals surface area contributed by atoms with Crippen LogP contribution in [0.2, 0.25) is 0 Å². The van der Waals surface area contributed by atoms with E-state index >= 15 is 0 Å². The Morgan fingerprint density at radius 3 is 1.67 bits per heavy atom. The molecule has 1 aromatic carbocycles. The van der Waals surface area contributed by atoms with Crippen molar-refractivity contribution in [2.45, 2.75) is 20.8 Å². The van der Waals surface area contributed by atoms with E-state index in [-0.39, 0.29) is 0 Å². The van der Waals surface area contributed by atoms with Crippen molar-refractivity contribution >= 4 is 5.69 Å². The fraction of sp³-hybridized carbons (Fsp3) is 0.286. The molecule has 0 radical (unpaired) electrons. The molecule has 0 aliphatic rings. The number of para-hydroxylation sites is 1. The number of nitrogens with one attached hydrogen (secondary N) is 1. The summed E-state index contributed by atoms with van der Waals surface area (Å²) in [6, 6.07) is 6.29. The van der Waals surface area contributed by atoms with Gasteiger partial charge in [-0.3, -0.25) is 0 Å². The third kappa shape index (κ3) is 6.55. The van der Waals surface area contributed by atoms with Crippen LogP contribution in [-0.4, -0.2) is 7.05 Å². The molecule has 0 spiro atoms. The molecular weight excluding hydrogens is 182 g/mol. The lowest BCUT2D eigenvalue weighted by Gasteiger charge is -2.07. The molecule has 0 aliphatic carbocycles. The molecule has 1 N–H and O–H groups in total. The minimum Gasteiger partial charge on any atom is -0.388 e. The first kappa shape index (κ1) is 15.9. The zero-order valence-corrected chi connectivity index (χ0v) is 10.4. The number of hydrogen-bond acceptors (Lipinski definition) is 1. The molecule has 1 heteroatoms. The summed E-state index contributed by atoms with van der Waals surface area (Å²) in [5.41, 5.74) is 3.87. The number of aryl methyl sites for hydroxylation is 2. The first-order valence-corrected chi connectivity index (χ1v) is 4.98. The van der Waals surface area contributed by atoms with Crippen LogP contribution in [0, 0.1) is 13.8 Å². The summed E-state index contributed by atoms with van der Waals surface area (Å²) in [4.78, 5) is 0. The van der Waals surface area contributed by atoms with E-state index in [1.54, 1.807) is 6.08 Å². The van der Waals surface area contributed by atoms with Gasteiger partial charge in [0, 0.05) is 12.7 Å². The number of hydrogen-bond donors (Lipinski definition) is 1. The van der Waals surface area contributed by atoms with Crippen LogP contribution < -0.4 is 5.32 Å². The third-order valence-electron chi connectivity index (χ3n) is 1.73. The maximum atomic E-state index is 3.36. The smallest absolute Gasteiger partial charge is 0.0396 e. The van der Waals surface area contributed by atoms with E-state index in [0.717, 1.165) is 0 Å². The van der Waals surface area contributed by atoms with E-state index in [1.807, 2.05) is 14.0 Å². The Balaban J connectivity index is 0. The molecule has 0 aliphatic heterocycles. The van der Waals surface area contributed by atoms with Crippen LogP contribution in [0.3, 0.4) is 0 Å². The van der Waals surface area contributed by atoms with Crippen LogP contribution in [0.5, 0.6) is 0 Å². The van der Waals surface area contributed by atoms with Gasteiger partial charge < -0.3 is 5.32 Å². The lowest BCUT2D eigenvalue weighted by Crippen LogP contribution is -1.93. The molecule has 0 atom stereocenters. The van der Waals surface area contributed by atoms with Gasteiger partial charge in [-0.1, -0.05) is 24.3 Å². The highest BCUT2D eigenvalue weighted by molar-refractivity contribution is 5.55. The molecule has 0 bridgehead atoms. The Morgan fingerprint density at radius 1 is 1.13 bits per heavy atom. The van der Waals surface area contributed by atoms with E-state index in [4.69, 9.17) is 0 Å². The zero-order chi connectivity index (χ0) is 12.3. The number of allylic oxidation sites excluding steroid dienone is 1. The summed E-state index contributed by atoms with van der Waals surface area (Å²) in [7, 11) is 1.95. The second kappa shape index (κ2) is 10.6. The Bertz CT molecular complexity index is 256. The van der Waals surface area contributed by atoms with Gasteiger partial charge in [0.2, 0.25) is 0 Å². The molecule has 1 nitrogen and oxygen atoms in total. The Morgan fingerprint density at radius 2 is 1.47 bits per heavy atom. The molecular formula is C14H23N. The topological polar surface area (TPSA) is 12.0 Å². The fourth-order valence-corrected chi connectivity index (χ4v) is 1.21. The van der Waals surface area contributed by atoms with Gasteiger partial charge in [-0.15, -0.1) is 19.7 Å². The molecule has 0 amide bonds. The van der Waals surface area contributed by atoms with E-state index in [9.17, 15) is 0 Å². The van der Waals surface area contributed by atoms with Crippen molar-refractivity contribution in [1.82, 2.24) is 0 Å². The van der Waals surface area contributed by atoms with E-state index in [1.165, 1.54) is 16.8 Å². The van der Waals surface area contributed by atoms with Crippen molar-refractivity contribution in [2.75, 3.05) is 12.4 Å². The molecule has 0 fully saturated rings. The maximum absolute atomic E-state index is 3.36. The molecule has 1 rings (SSSR count). The molecule has 0 unspecified atom stereocenters. The Kier molecular flexibility index (Phi) is 11.2. The molecule has 1 aromatic rings. The summed E-state index contributed by atoms with van der Waals surface area (Å²) in [5.74, 6) is 0. The average molecular weight is 205 g/mol. The summed E-state index contributed by atoms with van der Waals surface area (Å²) >= 11 is 0. The number of benzene rings is 1. The van der Waals surface area contributed by atoms with E-state index in [0.29, 0.717) is 0 Å². The standard InChI is InChI=1S/C9H13N.C3H6.C2H4/c1-7-5-4-6-8(2)9(7)10-3;1-3-2;1-2/h4-6,10H,1-3H3;3H,1H2,2H3;1-2H2. The van der Waals surface area contributed by atoms with Gasteiger partial charge in [0.25, 0.3) is 0 Å². The van der Waals surface area contributed by atoms with Gasteiger partial charge in [-0.25, -0.2) is 0 Å². The lowest BCUT2D eigenvalue weighted by molar-refractivity contribution is 1.34. The summed E-state index contributed by atoms with van der Waals surface area (Å²) in [6.07, 6.45) is 1.75. The monoisotopic (exact) mass is 205 g/mol. The summed E-state index contributed by atoms with van der Waals surface area (Å²) < 4.78 is 0. The number of rotatable bonds is 1. The SMILES string of the molecule is C=C.C=CC.CNc1c(C)cccc1C. The van der Waals surface area contributed by atoms with Crippen molar-refractivity contribution in [2.24, 2.45) is 0 Å². The lowest BCUT2D eigenvalue weighted by atomic mass is 10.1. The van der Waals surface area contributed by atoms with Crippen molar-refractivity contribution in [3.05, 3.63) is 55.1 Å². The molecule has 15 heavy (non-hydrogen) atoms. The Labute approximate surface area is 94.5 Å². The van der Waals surface area contributed by atoms with Gasteiger partial charge in [0.15, 0.2) is 0 Å². The van der Waals surface area contributed by atoms with Crippen molar-refractivity contribution in [3.8, 4) is 0 Å². The third-order valence-corrected chi connectivity index (χ3v) is 1.73. The maximum Gasteiger partial charge on any atom is 0.0396 e. The highest BCUT2D eigenvalue weighted by Gasteiger charge is 1.96. The minimum atomic E-state index is 1.25. The van der Waals surface area contributed by atoms with Gasteiger partial charge in [0.1, 0.15) is 0 Å². The van der Waals surface area contributed by atoms with Gasteiger partial charge >= 0.3 is 0 Å². The first-order valence-electron chi connectivity index (χ1n) is 4.98. The second-order valence-electron chi connectivity index (χ2n) is 2.93. The largest absolute Gasteiger partial charge is 0.388 e. The fourth-order valence-electron chi connectivity index (χ4n) is 1.21. The average Bonchev–Trinajstić information content (AvgIpc) is 2.22.